The predicted octanol–water partition coefficient (Wildman–Crippen LogP) is 28.8. The van der Waals surface area contributed by atoms with Crippen LogP contribution in [0.3, 0.4) is 0 Å². The number of anilines is 5. The number of nitrogens with zero attached hydrogens (tertiary/aromatic N) is 1. The highest BCUT2D eigenvalue weighted by molar-refractivity contribution is 9.10. The molecule has 4 aliphatic carbocycles. The molecule has 16 aromatic carbocycles. The highest BCUT2D eigenvalue weighted by Gasteiger charge is 2.39. The molecule has 4 aliphatic rings. The number of benzene rings is 16. The molecular formula is C101H83BrN2. The SMILES string of the molecule is C.CC1(C)c2ccccc2-c2ccc(-c3ccc(Br)cc3)cc21.CC1(C)c2ccccc2-c2ccc(-c3ccc(N(c4ccc5c(c4)C(C)(C)c4ccccc4-5)c4cc5ccccc5c5ccccc45)cc3)cc21.CC1(C)c2ccccc2-c2ccc(Nc3cc4ccccc4c4ccccc34)cc21. The van der Waals surface area contributed by atoms with Crippen molar-refractivity contribution in [1.29, 1.82) is 0 Å². The third-order valence-electron chi connectivity index (χ3n) is 23.2. The second kappa shape index (κ2) is 25.3. The van der Waals surface area contributed by atoms with Crippen molar-refractivity contribution in [3.63, 3.8) is 0 Å². The number of halogens is 1. The maximum Gasteiger partial charge on any atom is 0.0546 e. The van der Waals surface area contributed by atoms with Gasteiger partial charge in [0, 0.05) is 59.7 Å². The average Bonchev–Trinajstić information content (AvgIpc) is 1.51. The Morgan fingerprint density at radius 1 is 0.250 bits per heavy atom. The van der Waals surface area contributed by atoms with E-state index in [1.165, 1.54) is 166 Å². The molecule has 0 amide bonds. The molecule has 0 saturated carbocycles. The molecule has 0 fully saturated rings. The molecule has 0 unspecified atom stereocenters. The summed E-state index contributed by atoms with van der Waals surface area (Å²) in [5.41, 5.74) is 32.8. The molecule has 1 N–H and O–H groups in total. The van der Waals surface area contributed by atoms with Gasteiger partial charge in [0.15, 0.2) is 0 Å². The molecule has 504 valence electrons. The molecule has 0 heterocycles. The Balaban J connectivity index is 0.000000127. The molecule has 0 radical (unpaired) electrons. The van der Waals surface area contributed by atoms with Crippen molar-refractivity contribution in [2.45, 2.75) is 84.5 Å². The van der Waals surface area contributed by atoms with Crippen LogP contribution in [0.5, 0.6) is 0 Å². The van der Waals surface area contributed by atoms with Crippen molar-refractivity contribution in [3.8, 4) is 66.8 Å². The van der Waals surface area contributed by atoms with Crippen molar-refractivity contribution in [1.82, 2.24) is 0 Å². The molecule has 20 rings (SSSR count). The van der Waals surface area contributed by atoms with Gasteiger partial charge < -0.3 is 10.2 Å². The molecule has 104 heavy (non-hydrogen) atoms. The van der Waals surface area contributed by atoms with Crippen LogP contribution in [0.4, 0.5) is 28.4 Å². The van der Waals surface area contributed by atoms with Crippen LogP contribution in [-0.4, -0.2) is 0 Å². The van der Waals surface area contributed by atoms with Crippen LogP contribution in [0.1, 0.15) is 107 Å². The van der Waals surface area contributed by atoms with Crippen LogP contribution in [0.25, 0.3) is 110 Å². The summed E-state index contributed by atoms with van der Waals surface area (Å²) in [6.07, 6.45) is 0. The normalized spacial score (nSPS) is 14.2. The number of rotatable bonds is 7. The molecule has 0 aromatic heterocycles. The monoisotopic (exact) mass is 1400 g/mol. The lowest BCUT2D eigenvalue weighted by Gasteiger charge is -2.29. The molecule has 0 aliphatic heterocycles. The van der Waals surface area contributed by atoms with Gasteiger partial charge in [0.25, 0.3) is 0 Å². The zero-order valence-corrected chi connectivity index (χ0v) is 61.1. The average molecular weight is 1400 g/mol. The third kappa shape index (κ3) is 10.7. The minimum atomic E-state index is -0.0933. The van der Waals surface area contributed by atoms with Gasteiger partial charge in [-0.1, -0.05) is 334 Å². The number of hydrogen-bond acceptors (Lipinski definition) is 2. The molecule has 2 nitrogen and oxygen atoms in total. The minimum absolute atomic E-state index is 0. The van der Waals surface area contributed by atoms with E-state index in [4.69, 9.17) is 0 Å². The van der Waals surface area contributed by atoms with Gasteiger partial charge in [-0.25, -0.2) is 0 Å². The lowest BCUT2D eigenvalue weighted by Crippen LogP contribution is -2.16. The van der Waals surface area contributed by atoms with Crippen LogP contribution < -0.4 is 10.2 Å². The number of nitrogens with one attached hydrogen (secondary N) is 1. The molecule has 3 heteroatoms. The van der Waals surface area contributed by atoms with Crippen LogP contribution in [0.15, 0.2) is 332 Å². The van der Waals surface area contributed by atoms with Crippen LogP contribution >= 0.6 is 15.9 Å². The number of fused-ring (bicyclic) bond motifs is 18. The van der Waals surface area contributed by atoms with E-state index >= 15 is 0 Å². The first kappa shape index (κ1) is 65.9. The molecule has 0 saturated heterocycles. The standard InChI is InChI=1S/C50H39N.C29H23N.C21H17Br.CH4/c1-49(2)44-19-11-9-16-39(44)41-27-23-33(29-46(41)49)32-21-24-35(25-22-32)51(48-30-34-13-5-6-14-37(34)38-15-7-8-18-43(38)48)36-26-28-42-40-17-10-12-20-45(40)50(3,4)47(42)31-36;1-29(2)26-14-8-7-12-23(26)24-16-15-20(18-27(24)29)30-28-17-19-9-3-4-10-21(19)22-11-5-6-13-25(22)28;1-21(2)19-6-4-3-5-17(19)18-12-9-15(13-20(18)21)14-7-10-16(22)11-8-14;/h5-31H,1-4H3;3-18,30H,1-2H3;3-13H,1-2H3;1H4. The van der Waals surface area contributed by atoms with Gasteiger partial charge in [-0.15, -0.1) is 0 Å². The summed E-state index contributed by atoms with van der Waals surface area (Å²) in [6.45, 7) is 18.7. The van der Waals surface area contributed by atoms with Gasteiger partial charge in [-0.05, 0) is 216 Å². The Hall–Kier alpha value is -11.4. The largest absolute Gasteiger partial charge is 0.355 e. The summed E-state index contributed by atoms with van der Waals surface area (Å²) in [4.78, 5) is 2.47. The topological polar surface area (TPSA) is 15.3 Å². The van der Waals surface area contributed by atoms with E-state index in [-0.39, 0.29) is 29.1 Å². The summed E-state index contributed by atoms with van der Waals surface area (Å²) in [5.74, 6) is 0. The molecule has 0 atom stereocenters. The summed E-state index contributed by atoms with van der Waals surface area (Å²) in [7, 11) is 0. The predicted molar refractivity (Wildman–Crippen MR) is 449 cm³/mol. The Bertz CT molecular complexity index is 6100. The van der Waals surface area contributed by atoms with E-state index in [0.29, 0.717) is 0 Å². The highest BCUT2D eigenvalue weighted by Crippen LogP contribution is 2.55. The third-order valence-corrected chi connectivity index (χ3v) is 23.8. The first-order chi connectivity index (χ1) is 50.0. The first-order valence-electron chi connectivity index (χ1n) is 36.2. The zero-order valence-electron chi connectivity index (χ0n) is 59.5. The van der Waals surface area contributed by atoms with E-state index in [2.05, 4.69) is 409 Å². The van der Waals surface area contributed by atoms with Gasteiger partial charge in [0.05, 0.1) is 5.69 Å². The first-order valence-corrected chi connectivity index (χ1v) is 37.0. The fourth-order valence-corrected chi connectivity index (χ4v) is 18.1. The molecule has 16 aromatic rings. The molecule has 0 spiro atoms. The quantitative estimate of drug-likeness (QED) is 0.160. The van der Waals surface area contributed by atoms with Crippen molar-refractivity contribution in [2.24, 2.45) is 0 Å². The summed E-state index contributed by atoms with van der Waals surface area (Å²) in [6, 6.07) is 120. The van der Waals surface area contributed by atoms with E-state index in [0.717, 1.165) is 21.5 Å². The maximum atomic E-state index is 3.73. The van der Waals surface area contributed by atoms with E-state index < -0.39 is 0 Å². The summed E-state index contributed by atoms with van der Waals surface area (Å²) >= 11 is 3.51. The highest BCUT2D eigenvalue weighted by atomic mass is 79.9. The second-order valence-electron chi connectivity index (χ2n) is 30.6. The fraction of sp³-hybridized carbons (Fsp3) is 0.129. The van der Waals surface area contributed by atoms with E-state index in [9.17, 15) is 0 Å². The van der Waals surface area contributed by atoms with Crippen molar-refractivity contribution in [2.75, 3.05) is 10.2 Å². The van der Waals surface area contributed by atoms with Gasteiger partial charge in [0.2, 0.25) is 0 Å². The smallest absolute Gasteiger partial charge is 0.0546 e. The summed E-state index contributed by atoms with van der Waals surface area (Å²) < 4.78 is 1.12. The fourth-order valence-electron chi connectivity index (χ4n) is 17.8. The Kier molecular flexibility index (Phi) is 16.0. The molecular weight excluding hydrogens is 1320 g/mol. The van der Waals surface area contributed by atoms with Gasteiger partial charge in [-0.3, -0.25) is 0 Å². The Labute approximate surface area is 621 Å². The lowest BCUT2D eigenvalue weighted by molar-refractivity contribution is 0.660. The second-order valence-corrected chi connectivity index (χ2v) is 31.5. The van der Waals surface area contributed by atoms with Crippen LogP contribution in [-0.2, 0) is 21.7 Å². The summed E-state index contributed by atoms with van der Waals surface area (Å²) in [5, 5.41) is 13.8. The van der Waals surface area contributed by atoms with Crippen LogP contribution in [0, 0.1) is 0 Å². The van der Waals surface area contributed by atoms with Crippen molar-refractivity contribution in [3.05, 3.63) is 377 Å². The van der Waals surface area contributed by atoms with Crippen molar-refractivity contribution >= 4 is 87.5 Å². The zero-order chi connectivity index (χ0) is 70.1. The van der Waals surface area contributed by atoms with Gasteiger partial charge in [0.1, 0.15) is 0 Å². The van der Waals surface area contributed by atoms with Crippen LogP contribution in [0.2, 0.25) is 0 Å². The van der Waals surface area contributed by atoms with Crippen molar-refractivity contribution < 1.29 is 0 Å². The maximum absolute atomic E-state index is 3.73. The van der Waals surface area contributed by atoms with Gasteiger partial charge >= 0.3 is 0 Å². The minimum Gasteiger partial charge on any atom is -0.355 e. The number of hydrogen-bond donors (Lipinski definition) is 1. The van der Waals surface area contributed by atoms with E-state index in [1.54, 1.807) is 0 Å². The van der Waals surface area contributed by atoms with Gasteiger partial charge in [-0.2, -0.15) is 0 Å². The Morgan fingerprint density at radius 3 is 1.06 bits per heavy atom. The molecule has 0 bridgehead atoms. The lowest BCUT2D eigenvalue weighted by atomic mass is 9.81. The van der Waals surface area contributed by atoms with E-state index in [1.807, 2.05) is 0 Å². The Morgan fingerprint density at radius 2 is 0.577 bits per heavy atom.